The number of nitriles is 1. The number of hydrogen-bond donors (Lipinski definition) is 2. The van der Waals surface area contributed by atoms with E-state index in [-0.39, 0.29) is 24.5 Å². The Morgan fingerprint density at radius 3 is 2.85 bits per heavy atom. The Labute approximate surface area is 159 Å². The van der Waals surface area contributed by atoms with Crippen LogP contribution < -0.4 is 14.8 Å². The van der Waals surface area contributed by atoms with Crippen molar-refractivity contribution < 1.29 is 14.3 Å². The molecule has 2 atom stereocenters. The molecule has 7 nitrogen and oxygen atoms in total. The monoisotopic (exact) mass is 370 g/mol. The van der Waals surface area contributed by atoms with Crippen molar-refractivity contribution in [3.05, 3.63) is 23.9 Å². The second kappa shape index (κ2) is 8.31. The fourth-order valence-corrected chi connectivity index (χ4v) is 3.64. The number of carbonyl (C=O) groups excluding carboxylic acids is 1. The highest BCUT2D eigenvalue weighted by atomic mass is 16.5. The molecule has 1 aliphatic rings. The number of benzene rings is 1. The average molecular weight is 370 g/mol. The van der Waals surface area contributed by atoms with E-state index in [1.54, 1.807) is 19.1 Å². The van der Waals surface area contributed by atoms with E-state index in [1.165, 1.54) is 0 Å². The van der Waals surface area contributed by atoms with Gasteiger partial charge in [0.2, 0.25) is 5.91 Å². The number of aromatic amines is 1. The Morgan fingerprint density at radius 1 is 1.41 bits per heavy atom. The highest BCUT2D eigenvalue weighted by molar-refractivity contribution is 5.86. The number of rotatable bonds is 7. The minimum absolute atomic E-state index is 0.00349. The fraction of sp³-hybridized carbons (Fsp3) is 0.500. The number of ether oxygens (including phenoxy) is 2. The van der Waals surface area contributed by atoms with Gasteiger partial charge in [-0.15, -0.1) is 0 Å². The van der Waals surface area contributed by atoms with Gasteiger partial charge in [-0.25, -0.2) is 0 Å². The zero-order valence-electron chi connectivity index (χ0n) is 16.0. The molecule has 0 radical (unpaired) electrons. The van der Waals surface area contributed by atoms with E-state index in [2.05, 4.69) is 23.3 Å². The number of hydrogen-bond acceptors (Lipinski definition) is 5. The molecule has 1 aromatic heterocycles. The molecule has 0 bridgehead atoms. The van der Waals surface area contributed by atoms with Gasteiger partial charge in [0.15, 0.2) is 11.5 Å². The fourth-order valence-electron chi connectivity index (χ4n) is 3.64. The number of nitrogens with one attached hydrogen (secondary N) is 2. The summed E-state index contributed by atoms with van der Waals surface area (Å²) >= 11 is 0. The molecular weight excluding hydrogens is 344 g/mol. The van der Waals surface area contributed by atoms with Gasteiger partial charge in [-0.2, -0.15) is 5.26 Å². The molecular formula is C20H26N4O3. The summed E-state index contributed by atoms with van der Waals surface area (Å²) in [5, 5.41) is 13.5. The number of amides is 1. The summed E-state index contributed by atoms with van der Waals surface area (Å²) in [4.78, 5) is 17.3. The largest absolute Gasteiger partial charge is 0.493 e. The van der Waals surface area contributed by atoms with Gasteiger partial charge < -0.3 is 24.7 Å². The number of carbonyl (C=O) groups is 1. The topological polar surface area (TPSA) is 90.4 Å². The lowest BCUT2D eigenvalue weighted by atomic mass is 10.1. The Bertz CT molecular complexity index is 855. The number of nitrogens with zero attached hydrogens (tertiary/aromatic N) is 2. The van der Waals surface area contributed by atoms with Crippen LogP contribution in [0.1, 0.15) is 25.3 Å². The van der Waals surface area contributed by atoms with Gasteiger partial charge in [0.1, 0.15) is 6.04 Å². The van der Waals surface area contributed by atoms with Crippen molar-refractivity contribution >= 4 is 16.8 Å². The molecule has 3 rings (SSSR count). The number of fused-ring (bicyclic) bond motifs is 1. The molecule has 2 N–H and O–H groups in total. The zero-order valence-corrected chi connectivity index (χ0v) is 16.0. The van der Waals surface area contributed by atoms with E-state index >= 15 is 0 Å². The van der Waals surface area contributed by atoms with Crippen LogP contribution in [0.15, 0.2) is 18.3 Å². The first kappa shape index (κ1) is 19.1. The van der Waals surface area contributed by atoms with Crippen LogP contribution in [0.2, 0.25) is 0 Å². The third-order valence-electron chi connectivity index (χ3n) is 5.12. The molecule has 1 fully saturated rings. The Balaban J connectivity index is 1.63. The second-order valence-corrected chi connectivity index (χ2v) is 6.93. The van der Waals surface area contributed by atoms with Crippen molar-refractivity contribution in [3.63, 3.8) is 0 Å². The lowest BCUT2D eigenvalue weighted by Gasteiger charge is -2.21. The van der Waals surface area contributed by atoms with Crippen molar-refractivity contribution in [2.75, 3.05) is 27.3 Å². The van der Waals surface area contributed by atoms with Crippen LogP contribution in [-0.2, 0) is 11.2 Å². The normalized spacial score (nSPS) is 17.7. The molecule has 2 heterocycles. The highest BCUT2D eigenvalue weighted by Gasteiger charge is 2.28. The van der Waals surface area contributed by atoms with Crippen LogP contribution in [-0.4, -0.2) is 55.2 Å². The number of likely N-dealkylation sites (tertiary alicyclic amines) is 1. The molecule has 2 aromatic rings. The molecule has 0 unspecified atom stereocenters. The smallest absolute Gasteiger partial charge is 0.237 e. The predicted molar refractivity (Wildman–Crippen MR) is 103 cm³/mol. The Kier molecular flexibility index (Phi) is 5.87. The first-order valence-electron chi connectivity index (χ1n) is 9.21. The summed E-state index contributed by atoms with van der Waals surface area (Å²) in [7, 11) is 3.24. The van der Waals surface area contributed by atoms with Crippen LogP contribution in [0.3, 0.4) is 0 Å². The van der Waals surface area contributed by atoms with Crippen LogP contribution >= 0.6 is 0 Å². The molecule has 1 amide bonds. The first-order valence-corrected chi connectivity index (χ1v) is 9.21. The SMILES string of the molecule is COc1cc2[nH]cc(C[C@H](C)NCC(=O)N3CCC[C@H]3C#N)c2cc1OC. The highest BCUT2D eigenvalue weighted by Crippen LogP contribution is 2.33. The molecule has 7 heteroatoms. The van der Waals surface area contributed by atoms with Crippen molar-refractivity contribution in [2.24, 2.45) is 0 Å². The molecule has 27 heavy (non-hydrogen) atoms. The van der Waals surface area contributed by atoms with Gasteiger partial charge in [-0.05, 0) is 37.8 Å². The van der Waals surface area contributed by atoms with Crippen molar-refractivity contribution in [2.45, 2.75) is 38.3 Å². The number of methoxy groups -OCH3 is 2. The molecule has 1 aromatic carbocycles. The number of H-pyrrole nitrogens is 1. The molecule has 0 aliphatic carbocycles. The first-order chi connectivity index (χ1) is 13.1. The summed E-state index contributed by atoms with van der Waals surface area (Å²) in [6, 6.07) is 5.95. The Morgan fingerprint density at radius 2 is 2.15 bits per heavy atom. The molecule has 144 valence electrons. The molecule has 0 spiro atoms. The third-order valence-corrected chi connectivity index (χ3v) is 5.12. The average Bonchev–Trinajstić information content (AvgIpc) is 3.31. The van der Waals surface area contributed by atoms with E-state index in [1.807, 2.05) is 18.3 Å². The summed E-state index contributed by atoms with van der Waals surface area (Å²) in [5.41, 5.74) is 2.13. The molecule has 1 aliphatic heterocycles. The van der Waals surface area contributed by atoms with Gasteiger partial charge in [-0.3, -0.25) is 4.79 Å². The van der Waals surface area contributed by atoms with E-state index < -0.39 is 0 Å². The van der Waals surface area contributed by atoms with Gasteiger partial charge in [0.25, 0.3) is 0 Å². The maximum atomic E-state index is 12.4. The van der Waals surface area contributed by atoms with Crippen LogP contribution in [0, 0.1) is 11.3 Å². The zero-order chi connectivity index (χ0) is 19.4. The van der Waals surface area contributed by atoms with Gasteiger partial charge >= 0.3 is 0 Å². The predicted octanol–water partition coefficient (Wildman–Crippen LogP) is 2.22. The van der Waals surface area contributed by atoms with Crippen LogP contribution in [0.25, 0.3) is 10.9 Å². The van der Waals surface area contributed by atoms with E-state index in [9.17, 15) is 4.79 Å². The number of aromatic nitrogens is 1. The standard InChI is InChI=1S/C20H26N4O3/c1-13(22-12-20(25)24-6-4-5-15(24)10-21)7-14-11-23-17-9-19(27-3)18(26-2)8-16(14)17/h8-9,11,13,15,22-23H,4-7,12H2,1-3H3/t13-,15-/m0/s1. The van der Waals surface area contributed by atoms with E-state index in [4.69, 9.17) is 14.7 Å². The molecule has 0 saturated carbocycles. The third kappa shape index (κ3) is 4.01. The summed E-state index contributed by atoms with van der Waals surface area (Å²) < 4.78 is 10.7. The quantitative estimate of drug-likeness (QED) is 0.780. The van der Waals surface area contributed by atoms with Crippen molar-refractivity contribution in [1.82, 2.24) is 15.2 Å². The van der Waals surface area contributed by atoms with Crippen molar-refractivity contribution in [1.29, 1.82) is 5.26 Å². The Hall–Kier alpha value is -2.72. The maximum Gasteiger partial charge on any atom is 0.237 e. The van der Waals surface area contributed by atoms with Crippen LogP contribution in [0.4, 0.5) is 0 Å². The lowest BCUT2D eigenvalue weighted by molar-refractivity contribution is -0.130. The van der Waals surface area contributed by atoms with Gasteiger partial charge in [0, 0.05) is 35.8 Å². The van der Waals surface area contributed by atoms with Gasteiger partial charge in [-0.1, -0.05) is 0 Å². The minimum atomic E-state index is -0.273. The van der Waals surface area contributed by atoms with E-state index in [0.717, 1.165) is 35.7 Å². The minimum Gasteiger partial charge on any atom is -0.493 e. The lowest BCUT2D eigenvalue weighted by Crippen LogP contribution is -2.43. The van der Waals surface area contributed by atoms with Crippen LogP contribution in [0.5, 0.6) is 11.5 Å². The van der Waals surface area contributed by atoms with E-state index in [0.29, 0.717) is 18.0 Å². The molecule has 1 saturated heterocycles. The summed E-state index contributed by atoms with van der Waals surface area (Å²) in [5.74, 6) is 1.38. The summed E-state index contributed by atoms with van der Waals surface area (Å²) in [6.45, 7) is 2.98. The second-order valence-electron chi connectivity index (χ2n) is 6.93. The maximum absolute atomic E-state index is 12.4. The van der Waals surface area contributed by atoms with Gasteiger partial charge in [0.05, 0.1) is 26.8 Å². The summed E-state index contributed by atoms with van der Waals surface area (Å²) in [6.07, 6.45) is 4.43. The van der Waals surface area contributed by atoms with Crippen molar-refractivity contribution in [3.8, 4) is 17.6 Å².